The molecule has 0 saturated carbocycles. The van der Waals surface area contributed by atoms with E-state index in [9.17, 15) is 0 Å². The van der Waals surface area contributed by atoms with Crippen LogP contribution in [0.25, 0.3) is 77.9 Å². The van der Waals surface area contributed by atoms with Gasteiger partial charge in [-0.15, -0.1) is 0 Å². The number of hydrogen-bond donors (Lipinski definition) is 0. The van der Waals surface area contributed by atoms with Gasteiger partial charge in [-0.05, 0) is 139 Å². The Labute approximate surface area is 297 Å². The van der Waals surface area contributed by atoms with Crippen LogP contribution in [0, 0.1) is 0 Å². The van der Waals surface area contributed by atoms with Gasteiger partial charge in [-0.2, -0.15) is 0 Å². The highest BCUT2D eigenvalue weighted by Gasteiger charge is 2.12. The molecule has 0 aromatic heterocycles. The summed E-state index contributed by atoms with van der Waals surface area (Å²) in [5, 5.41) is 0. The predicted octanol–water partition coefficient (Wildman–Crippen LogP) is 14.1. The molecule has 0 atom stereocenters. The highest BCUT2D eigenvalue weighted by atomic mass is 79.9. The molecule has 0 bridgehead atoms. The zero-order chi connectivity index (χ0) is 33.0. The van der Waals surface area contributed by atoms with E-state index in [0.29, 0.717) is 0 Å². The van der Waals surface area contributed by atoms with E-state index in [-0.39, 0.29) is 0 Å². The first-order valence-corrected chi connectivity index (χ1v) is 17.4. The summed E-state index contributed by atoms with van der Waals surface area (Å²) in [4.78, 5) is 0. The van der Waals surface area contributed by atoms with Crippen molar-refractivity contribution in [3.05, 3.63) is 205 Å². The lowest BCUT2D eigenvalue weighted by molar-refractivity contribution is 1.53. The number of rotatable bonds is 7. The Bertz CT molecular complexity index is 2240. The van der Waals surface area contributed by atoms with Crippen molar-refractivity contribution in [2.45, 2.75) is 0 Å². The molecule has 49 heavy (non-hydrogen) atoms. The van der Waals surface area contributed by atoms with Gasteiger partial charge in [-0.25, -0.2) is 0 Å². The minimum Gasteiger partial charge on any atom is -0.0622 e. The average Bonchev–Trinajstić information content (AvgIpc) is 3.19. The molecule has 0 unspecified atom stereocenters. The molecule has 1 heteroatoms. The molecule has 0 fully saturated rings. The van der Waals surface area contributed by atoms with E-state index >= 15 is 0 Å². The minimum atomic E-state index is 1.05. The largest absolute Gasteiger partial charge is 0.0622 e. The van der Waals surface area contributed by atoms with E-state index in [1.807, 2.05) is 0 Å². The Kier molecular flexibility index (Phi) is 8.59. The summed E-state index contributed by atoms with van der Waals surface area (Å²) >= 11 is 3.87. The van der Waals surface area contributed by atoms with Crippen molar-refractivity contribution in [1.29, 1.82) is 0 Å². The molecule has 232 valence electrons. The van der Waals surface area contributed by atoms with E-state index in [1.165, 1.54) is 77.9 Å². The maximum Gasteiger partial charge on any atom is 0.0187 e. The maximum absolute atomic E-state index is 3.87. The van der Waals surface area contributed by atoms with Crippen LogP contribution in [0.1, 0.15) is 0 Å². The normalized spacial score (nSPS) is 11.0. The Morgan fingerprint density at radius 1 is 0.184 bits per heavy atom. The van der Waals surface area contributed by atoms with Gasteiger partial charge < -0.3 is 0 Å². The molecule has 0 nitrogen and oxygen atoms in total. The van der Waals surface area contributed by atoms with Crippen LogP contribution in [0.5, 0.6) is 0 Å². The molecule has 0 spiro atoms. The summed E-state index contributed by atoms with van der Waals surface area (Å²) in [7, 11) is 0. The lowest BCUT2D eigenvalue weighted by atomic mass is 9.91. The Hall–Kier alpha value is -5.76. The van der Waals surface area contributed by atoms with E-state index in [1.54, 1.807) is 0 Å². The van der Waals surface area contributed by atoms with Crippen molar-refractivity contribution >= 4 is 15.9 Å². The molecule has 0 aliphatic heterocycles. The van der Waals surface area contributed by atoms with E-state index < -0.39 is 0 Å². The lowest BCUT2D eigenvalue weighted by Crippen LogP contribution is -1.89. The van der Waals surface area contributed by atoms with Crippen molar-refractivity contribution in [3.8, 4) is 77.9 Å². The van der Waals surface area contributed by atoms with Gasteiger partial charge in [0.2, 0.25) is 0 Å². The molecular formula is C48H33Br. The Morgan fingerprint density at radius 2 is 0.388 bits per heavy atom. The molecule has 0 heterocycles. The number of benzene rings is 8. The Balaban J connectivity index is 1.23. The van der Waals surface area contributed by atoms with Crippen molar-refractivity contribution in [2.75, 3.05) is 0 Å². The fraction of sp³-hybridized carbons (Fsp3) is 0. The van der Waals surface area contributed by atoms with Gasteiger partial charge in [0.1, 0.15) is 0 Å². The monoisotopic (exact) mass is 688 g/mol. The van der Waals surface area contributed by atoms with Crippen LogP contribution < -0.4 is 0 Å². The number of halogens is 1. The molecule has 0 saturated heterocycles. The van der Waals surface area contributed by atoms with Crippen LogP contribution in [-0.2, 0) is 0 Å². The molecular weight excluding hydrogens is 656 g/mol. The second kappa shape index (κ2) is 13.8. The predicted molar refractivity (Wildman–Crippen MR) is 212 cm³/mol. The van der Waals surface area contributed by atoms with Crippen LogP contribution in [0.15, 0.2) is 205 Å². The molecule has 8 aromatic carbocycles. The van der Waals surface area contributed by atoms with Gasteiger partial charge in [-0.3, -0.25) is 0 Å². The van der Waals surface area contributed by atoms with Crippen LogP contribution >= 0.6 is 15.9 Å². The van der Waals surface area contributed by atoms with Gasteiger partial charge in [-0.1, -0.05) is 155 Å². The van der Waals surface area contributed by atoms with Crippen molar-refractivity contribution in [1.82, 2.24) is 0 Å². The van der Waals surface area contributed by atoms with Gasteiger partial charge in [0, 0.05) is 4.47 Å². The third-order valence-corrected chi connectivity index (χ3v) is 9.51. The summed E-state index contributed by atoms with van der Waals surface area (Å²) in [6.07, 6.45) is 0. The average molecular weight is 690 g/mol. The number of hydrogen-bond acceptors (Lipinski definition) is 0. The molecule has 8 aromatic rings. The van der Waals surface area contributed by atoms with Crippen LogP contribution in [0.4, 0.5) is 0 Å². The first-order valence-electron chi connectivity index (χ1n) is 16.6. The van der Waals surface area contributed by atoms with E-state index in [2.05, 4.69) is 216 Å². The fourth-order valence-corrected chi connectivity index (χ4v) is 7.07. The second-order valence-electron chi connectivity index (χ2n) is 12.4. The van der Waals surface area contributed by atoms with Crippen LogP contribution in [0.3, 0.4) is 0 Å². The van der Waals surface area contributed by atoms with Crippen molar-refractivity contribution < 1.29 is 0 Å². The highest BCUT2D eigenvalue weighted by molar-refractivity contribution is 9.10. The standard InChI is InChI=1S/C48H33Br/c49-48-32-46(31-47(33-48)45-29-42(36-18-9-3-10-19-36)26-43(30-45)37-20-11-4-12-21-37)39-23-13-22-38(24-39)44-27-40(34-14-5-1-6-15-34)25-41(28-44)35-16-7-2-8-17-35/h1-33H. The topological polar surface area (TPSA) is 0 Å². The first kappa shape index (κ1) is 30.6. The van der Waals surface area contributed by atoms with Gasteiger partial charge in [0.25, 0.3) is 0 Å². The van der Waals surface area contributed by atoms with Gasteiger partial charge in [0.05, 0.1) is 0 Å². The second-order valence-corrected chi connectivity index (χ2v) is 13.3. The van der Waals surface area contributed by atoms with Crippen molar-refractivity contribution in [3.63, 3.8) is 0 Å². The highest BCUT2D eigenvalue weighted by Crippen LogP contribution is 2.38. The summed E-state index contributed by atoms with van der Waals surface area (Å²) in [6, 6.07) is 72.1. The molecule has 0 aliphatic carbocycles. The van der Waals surface area contributed by atoms with E-state index in [4.69, 9.17) is 0 Å². The summed E-state index contributed by atoms with van der Waals surface area (Å²) in [6.45, 7) is 0. The molecule has 0 aliphatic rings. The third-order valence-electron chi connectivity index (χ3n) is 9.05. The Morgan fingerprint density at radius 3 is 0.714 bits per heavy atom. The smallest absolute Gasteiger partial charge is 0.0187 e. The maximum atomic E-state index is 3.87. The summed E-state index contributed by atoms with van der Waals surface area (Å²) < 4.78 is 1.05. The quantitative estimate of drug-likeness (QED) is 0.156. The third kappa shape index (κ3) is 6.81. The molecule has 0 N–H and O–H groups in total. The minimum absolute atomic E-state index is 1.05. The van der Waals surface area contributed by atoms with Gasteiger partial charge in [0.15, 0.2) is 0 Å². The SMILES string of the molecule is Brc1cc(-c2cccc(-c3cc(-c4ccccc4)cc(-c4ccccc4)c3)c2)cc(-c2cc(-c3ccccc3)cc(-c3ccccc3)c2)c1. The molecule has 0 amide bonds. The molecule has 8 rings (SSSR count). The zero-order valence-corrected chi connectivity index (χ0v) is 28.5. The lowest BCUT2D eigenvalue weighted by Gasteiger charge is -2.14. The van der Waals surface area contributed by atoms with E-state index in [0.717, 1.165) is 4.47 Å². The zero-order valence-electron chi connectivity index (χ0n) is 26.9. The fourth-order valence-electron chi connectivity index (χ4n) is 6.58. The van der Waals surface area contributed by atoms with Crippen molar-refractivity contribution in [2.24, 2.45) is 0 Å². The first-order chi connectivity index (χ1) is 24.2. The summed E-state index contributed by atoms with van der Waals surface area (Å²) in [5.41, 5.74) is 16.7. The van der Waals surface area contributed by atoms with Crippen LogP contribution in [-0.4, -0.2) is 0 Å². The molecule has 0 radical (unpaired) electrons. The van der Waals surface area contributed by atoms with Crippen LogP contribution in [0.2, 0.25) is 0 Å². The summed E-state index contributed by atoms with van der Waals surface area (Å²) in [5.74, 6) is 0. The van der Waals surface area contributed by atoms with Gasteiger partial charge >= 0.3 is 0 Å².